The largest absolute Gasteiger partial charge is 0.198 e. The van der Waals surface area contributed by atoms with Gasteiger partial charge in [-0.05, 0) is 18.8 Å². The third-order valence-electron chi connectivity index (χ3n) is 1.50. The smallest absolute Gasteiger partial charge is 0.0621 e. The second-order valence-electron chi connectivity index (χ2n) is 2.50. The summed E-state index contributed by atoms with van der Waals surface area (Å²) in [7, 11) is 0. The third kappa shape index (κ3) is 22.4. The van der Waals surface area contributed by atoms with Crippen LogP contribution in [0.15, 0.2) is 0 Å². The van der Waals surface area contributed by atoms with Crippen molar-refractivity contribution in [1.82, 2.24) is 0 Å². The van der Waals surface area contributed by atoms with Gasteiger partial charge in [0.1, 0.15) is 0 Å². The van der Waals surface area contributed by atoms with Crippen LogP contribution in [0.5, 0.6) is 0 Å². The number of nitrogens with zero attached hydrogens (tertiary/aromatic N) is 2. The predicted octanol–water partition coefficient (Wildman–Crippen LogP) is 4.28. The average Bonchev–Trinajstić information content (AvgIpc) is 2.29. The zero-order valence-corrected chi connectivity index (χ0v) is 10.3. The lowest BCUT2D eigenvalue weighted by molar-refractivity contribution is 0.506. The standard InChI is InChI=1S/C8H12N2.2C2H6/c1-8(4-2-6-9)5-3-7-10;2*1-2/h8H,2-5H2,1H3;2*1-2H3. The topological polar surface area (TPSA) is 47.6 Å². The molecule has 0 bridgehead atoms. The molecule has 2 nitrogen and oxygen atoms in total. The molecular formula is C12H24N2. The Morgan fingerprint density at radius 3 is 1.36 bits per heavy atom. The van der Waals surface area contributed by atoms with E-state index in [-0.39, 0.29) is 0 Å². The van der Waals surface area contributed by atoms with Crippen LogP contribution in [0, 0.1) is 28.6 Å². The Balaban J connectivity index is -0.000000266. The Kier molecular flexibility index (Phi) is 30.3. The summed E-state index contributed by atoms with van der Waals surface area (Å²) in [5.41, 5.74) is 0. The third-order valence-corrected chi connectivity index (χ3v) is 1.50. The summed E-state index contributed by atoms with van der Waals surface area (Å²) >= 11 is 0. The Labute approximate surface area is 89.6 Å². The van der Waals surface area contributed by atoms with Gasteiger partial charge in [0.25, 0.3) is 0 Å². The first-order valence-electron chi connectivity index (χ1n) is 5.55. The molecule has 82 valence electrons. The molecule has 0 N–H and O–H groups in total. The zero-order chi connectivity index (χ0) is 11.8. The van der Waals surface area contributed by atoms with E-state index in [0.717, 1.165) is 12.8 Å². The first kappa shape index (κ1) is 18.7. The molecule has 0 saturated heterocycles. The molecule has 0 saturated carbocycles. The highest BCUT2D eigenvalue weighted by Gasteiger charge is 1.99. The van der Waals surface area contributed by atoms with Gasteiger partial charge in [0.15, 0.2) is 0 Å². The highest BCUT2D eigenvalue weighted by Crippen LogP contribution is 2.10. The number of nitriles is 2. The molecule has 0 aliphatic rings. The highest BCUT2D eigenvalue weighted by atomic mass is 14.2. The van der Waals surface area contributed by atoms with E-state index in [9.17, 15) is 0 Å². The number of hydrogen-bond acceptors (Lipinski definition) is 2. The van der Waals surface area contributed by atoms with Gasteiger partial charge >= 0.3 is 0 Å². The summed E-state index contributed by atoms with van der Waals surface area (Å²) in [5.74, 6) is 0.527. The van der Waals surface area contributed by atoms with Crippen molar-refractivity contribution in [2.75, 3.05) is 0 Å². The first-order valence-corrected chi connectivity index (χ1v) is 5.55. The summed E-state index contributed by atoms with van der Waals surface area (Å²) in [5, 5.41) is 16.5. The van der Waals surface area contributed by atoms with Gasteiger partial charge in [-0.2, -0.15) is 10.5 Å². The van der Waals surface area contributed by atoms with Gasteiger partial charge < -0.3 is 0 Å². The maximum atomic E-state index is 8.23. The van der Waals surface area contributed by atoms with Crippen molar-refractivity contribution < 1.29 is 0 Å². The van der Waals surface area contributed by atoms with Gasteiger partial charge in [0.2, 0.25) is 0 Å². The maximum absolute atomic E-state index is 8.23. The molecule has 0 spiro atoms. The number of hydrogen-bond donors (Lipinski definition) is 0. The molecule has 0 radical (unpaired) electrons. The van der Waals surface area contributed by atoms with Crippen LogP contribution in [0.4, 0.5) is 0 Å². The van der Waals surface area contributed by atoms with E-state index in [4.69, 9.17) is 10.5 Å². The number of rotatable bonds is 4. The Bertz CT molecular complexity index is 133. The Morgan fingerprint density at radius 2 is 1.14 bits per heavy atom. The second kappa shape index (κ2) is 22.7. The lowest BCUT2D eigenvalue weighted by atomic mass is 10.0. The van der Waals surface area contributed by atoms with Crippen molar-refractivity contribution in [3.63, 3.8) is 0 Å². The normalized spacial score (nSPS) is 7.14. The second-order valence-corrected chi connectivity index (χ2v) is 2.50. The molecule has 14 heavy (non-hydrogen) atoms. The fourth-order valence-corrected chi connectivity index (χ4v) is 0.766. The minimum absolute atomic E-state index is 0.527. The van der Waals surface area contributed by atoms with Crippen molar-refractivity contribution in [1.29, 1.82) is 10.5 Å². The van der Waals surface area contributed by atoms with E-state index in [0.29, 0.717) is 18.8 Å². The summed E-state index contributed by atoms with van der Waals surface area (Å²) < 4.78 is 0. The molecule has 0 heterocycles. The van der Waals surface area contributed by atoms with Crippen LogP contribution in [-0.4, -0.2) is 0 Å². The maximum Gasteiger partial charge on any atom is 0.0621 e. The SMILES string of the molecule is CC.CC.CC(CCC#N)CCC#N. The molecule has 0 unspecified atom stereocenters. The van der Waals surface area contributed by atoms with E-state index >= 15 is 0 Å². The fraction of sp³-hybridized carbons (Fsp3) is 0.833. The van der Waals surface area contributed by atoms with E-state index in [1.807, 2.05) is 27.7 Å². The summed E-state index contributed by atoms with van der Waals surface area (Å²) in [6, 6.07) is 4.18. The molecule has 0 rings (SSSR count). The van der Waals surface area contributed by atoms with E-state index in [1.165, 1.54) is 0 Å². The van der Waals surface area contributed by atoms with Crippen LogP contribution in [-0.2, 0) is 0 Å². The van der Waals surface area contributed by atoms with Crippen LogP contribution in [0.3, 0.4) is 0 Å². The van der Waals surface area contributed by atoms with Crippen LogP contribution >= 0.6 is 0 Å². The van der Waals surface area contributed by atoms with Gasteiger partial charge in [-0.1, -0.05) is 34.6 Å². The lowest BCUT2D eigenvalue weighted by Crippen LogP contribution is -1.92. The molecule has 0 atom stereocenters. The van der Waals surface area contributed by atoms with Crippen molar-refractivity contribution in [3.8, 4) is 12.1 Å². The Morgan fingerprint density at radius 1 is 0.857 bits per heavy atom. The minimum atomic E-state index is 0.527. The molecule has 2 heteroatoms. The van der Waals surface area contributed by atoms with Gasteiger partial charge in [-0.25, -0.2) is 0 Å². The van der Waals surface area contributed by atoms with Gasteiger partial charge in [-0.15, -0.1) is 0 Å². The van der Waals surface area contributed by atoms with Crippen LogP contribution in [0.25, 0.3) is 0 Å². The molecule has 0 aromatic carbocycles. The van der Waals surface area contributed by atoms with Gasteiger partial charge in [0, 0.05) is 12.8 Å². The summed E-state index contributed by atoms with van der Waals surface area (Å²) in [4.78, 5) is 0. The van der Waals surface area contributed by atoms with Crippen LogP contribution in [0.2, 0.25) is 0 Å². The molecule has 0 fully saturated rings. The molecule has 0 aromatic heterocycles. The van der Waals surface area contributed by atoms with Crippen LogP contribution < -0.4 is 0 Å². The molecular weight excluding hydrogens is 172 g/mol. The van der Waals surface area contributed by atoms with E-state index in [2.05, 4.69) is 19.1 Å². The quantitative estimate of drug-likeness (QED) is 0.673. The molecule has 0 amide bonds. The Hall–Kier alpha value is -1.02. The minimum Gasteiger partial charge on any atom is -0.198 e. The van der Waals surface area contributed by atoms with Crippen molar-refractivity contribution in [2.24, 2.45) is 5.92 Å². The molecule has 0 aliphatic heterocycles. The van der Waals surface area contributed by atoms with Crippen molar-refractivity contribution in [2.45, 2.75) is 60.3 Å². The van der Waals surface area contributed by atoms with Gasteiger partial charge in [-0.3, -0.25) is 0 Å². The monoisotopic (exact) mass is 196 g/mol. The van der Waals surface area contributed by atoms with E-state index in [1.54, 1.807) is 0 Å². The fourth-order valence-electron chi connectivity index (χ4n) is 0.766. The van der Waals surface area contributed by atoms with Gasteiger partial charge in [0.05, 0.1) is 12.1 Å². The zero-order valence-electron chi connectivity index (χ0n) is 10.3. The predicted molar refractivity (Wildman–Crippen MR) is 61.6 cm³/mol. The molecule has 0 aromatic rings. The summed E-state index contributed by atoms with van der Waals surface area (Å²) in [6.45, 7) is 10.1. The highest BCUT2D eigenvalue weighted by molar-refractivity contribution is 4.74. The first-order chi connectivity index (χ1) is 6.81. The van der Waals surface area contributed by atoms with E-state index < -0.39 is 0 Å². The molecule has 0 aliphatic carbocycles. The van der Waals surface area contributed by atoms with Crippen LogP contribution in [0.1, 0.15) is 60.3 Å². The van der Waals surface area contributed by atoms with Crippen molar-refractivity contribution >= 4 is 0 Å². The summed E-state index contributed by atoms with van der Waals surface area (Å²) in [6.07, 6.45) is 3.09. The average molecular weight is 196 g/mol. The lowest BCUT2D eigenvalue weighted by Gasteiger charge is -2.03. The van der Waals surface area contributed by atoms with Crippen molar-refractivity contribution in [3.05, 3.63) is 0 Å².